The summed E-state index contributed by atoms with van der Waals surface area (Å²) in [5.41, 5.74) is 3.93. The largest absolute Gasteiger partial charge is 0.491 e. The van der Waals surface area contributed by atoms with Crippen molar-refractivity contribution in [1.29, 1.82) is 0 Å². The zero-order chi connectivity index (χ0) is 33.0. The van der Waals surface area contributed by atoms with Crippen LogP contribution < -0.4 is 29.1 Å². The molecule has 3 aromatic carbocycles. The molecule has 1 atom stereocenters. The standard InChI is InChI=1S/C36H37ClN2O6S/c1-7-42-29-18-25(17-27(37)33(29)44-20-24-13-11-12-22(5)16-24)19-30-34(40)39-32(26-14-9-10-15-28(26)45-21(3)4)31(35(41)43-8-2)23(6)38-36(39)46-30/h9-19,21,32H,7-8,20H2,1-6H3/b30-19+/t32-/m1/s1. The molecule has 0 unspecified atom stereocenters. The molecule has 240 valence electrons. The fourth-order valence-corrected chi connectivity index (χ4v) is 6.66. The van der Waals surface area contributed by atoms with E-state index in [0.29, 0.717) is 61.6 Å². The van der Waals surface area contributed by atoms with Gasteiger partial charge in [0, 0.05) is 5.56 Å². The summed E-state index contributed by atoms with van der Waals surface area (Å²) in [6.45, 7) is 12.2. The van der Waals surface area contributed by atoms with Gasteiger partial charge in [-0.2, -0.15) is 0 Å². The number of aromatic nitrogens is 1. The lowest BCUT2D eigenvalue weighted by atomic mass is 9.95. The Morgan fingerprint density at radius 1 is 1.02 bits per heavy atom. The Hall–Kier alpha value is -4.34. The van der Waals surface area contributed by atoms with E-state index >= 15 is 0 Å². The van der Waals surface area contributed by atoms with Gasteiger partial charge in [0.1, 0.15) is 18.4 Å². The van der Waals surface area contributed by atoms with E-state index in [1.165, 1.54) is 11.3 Å². The van der Waals surface area contributed by atoms with Crippen LogP contribution in [-0.2, 0) is 16.1 Å². The van der Waals surface area contributed by atoms with Gasteiger partial charge in [-0.05, 0) is 76.9 Å². The summed E-state index contributed by atoms with van der Waals surface area (Å²) in [5, 5.41) is 0.357. The lowest BCUT2D eigenvalue weighted by Crippen LogP contribution is -2.40. The van der Waals surface area contributed by atoms with E-state index in [4.69, 9.17) is 30.5 Å². The summed E-state index contributed by atoms with van der Waals surface area (Å²) in [6, 6.07) is 18.2. The molecule has 0 saturated heterocycles. The number of esters is 1. The quantitative estimate of drug-likeness (QED) is 0.170. The molecular weight excluding hydrogens is 624 g/mol. The zero-order valence-corrected chi connectivity index (χ0v) is 28.3. The Morgan fingerprint density at radius 3 is 2.52 bits per heavy atom. The van der Waals surface area contributed by atoms with Gasteiger partial charge in [-0.15, -0.1) is 0 Å². The highest BCUT2D eigenvalue weighted by Gasteiger charge is 2.35. The van der Waals surface area contributed by atoms with Crippen LogP contribution in [0, 0.1) is 6.92 Å². The minimum atomic E-state index is -0.799. The molecule has 0 amide bonds. The van der Waals surface area contributed by atoms with Crippen molar-refractivity contribution in [1.82, 2.24) is 4.57 Å². The SMILES string of the molecule is CCOC(=O)C1=C(C)N=c2s/c(=C/c3cc(Cl)c(OCc4cccc(C)c4)c(OCC)c3)c(=O)n2[C@@H]1c1ccccc1OC(C)C. The number of hydrogen-bond donors (Lipinski definition) is 0. The minimum absolute atomic E-state index is 0.124. The zero-order valence-electron chi connectivity index (χ0n) is 26.8. The molecular formula is C36H37ClN2O6S. The topological polar surface area (TPSA) is 88.4 Å². The number of para-hydroxylation sites is 1. The second-order valence-electron chi connectivity index (χ2n) is 11.0. The maximum Gasteiger partial charge on any atom is 0.338 e. The lowest BCUT2D eigenvalue weighted by Gasteiger charge is -2.26. The van der Waals surface area contributed by atoms with Gasteiger partial charge in [0.2, 0.25) is 0 Å². The number of allylic oxidation sites excluding steroid dienone is 1. The summed E-state index contributed by atoms with van der Waals surface area (Å²) in [4.78, 5) is 32.7. The Labute approximate surface area is 277 Å². The summed E-state index contributed by atoms with van der Waals surface area (Å²) in [5.74, 6) is 0.944. The number of aryl methyl sites for hydroxylation is 1. The van der Waals surface area contributed by atoms with E-state index in [9.17, 15) is 9.59 Å². The molecule has 1 aliphatic rings. The third kappa shape index (κ3) is 7.06. The van der Waals surface area contributed by atoms with Crippen molar-refractivity contribution >= 4 is 35.0 Å². The van der Waals surface area contributed by atoms with Crippen molar-refractivity contribution in [2.24, 2.45) is 4.99 Å². The van der Waals surface area contributed by atoms with E-state index < -0.39 is 12.0 Å². The predicted molar refractivity (Wildman–Crippen MR) is 181 cm³/mol. The molecule has 1 aromatic heterocycles. The Bertz CT molecular complexity index is 1980. The number of fused-ring (bicyclic) bond motifs is 1. The molecule has 8 nitrogen and oxygen atoms in total. The van der Waals surface area contributed by atoms with Crippen LogP contribution in [0.15, 0.2) is 81.7 Å². The van der Waals surface area contributed by atoms with Crippen molar-refractivity contribution in [3.05, 3.63) is 119 Å². The van der Waals surface area contributed by atoms with Gasteiger partial charge in [-0.25, -0.2) is 9.79 Å². The molecule has 0 radical (unpaired) electrons. The highest BCUT2D eigenvalue weighted by atomic mass is 35.5. The van der Waals surface area contributed by atoms with E-state index in [1.54, 1.807) is 36.6 Å². The Kier molecular flexibility index (Phi) is 10.3. The van der Waals surface area contributed by atoms with Crippen LogP contribution in [0.1, 0.15) is 62.9 Å². The number of hydrogen-bond acceptors (Lipinski definition) is 8. The van der Waals surface area contributed by atoms with Gasteiger partial charge in [-0.3, -0.25) is 9.36 Å². The number of thiazole rings is 1. The third-order valence-electron chi connectivity index (χ3n) is 7.19. The summed E-state index contributed by atoms with van der Waals surface area (Å²) in [6.07, 6.45) is 1.63. The fraction of sp³-hybridized carbons (Fsp3) is 0.306. The van der Waals surface area contributed by atoms with Gasteiger partial charge in [0.25, 0.3) is 5.56 Å². The second kappa shape index (κ2) is 14.4. The molecule has 0 aliphatic carbocycles. The van der Waals surface area contributed by atoms with Gasteiger partial charge in [0.05, 0.1) is 40.1 Å². The summed E-state index contributed by atoms with van der Waals surface area (Å²) in [7, 11) is 0. The van der Waals surface area contributed by atoms with Crippen LogP contribution in [0.4, 0.5) is 0 Å². The number of nitrogens with zero attached hydrogens (tertiary/aromatic N) is 2. The van der Waals surface area contributed by atoms with Crippen LogP contribution in [0.25, 0.3) is 6.08 Å². The highest BCUT2D eigenvalue weighted by molar-refractivity contribution is 7.07. The average Bonchev–Trinajstić information content (AvgIpc) is 3.30. The van der Waals surface area contributed by atoms with Crippen LogP contribution >= 0.6 is 22.9 Å². The first kappa shape index (κ1) is 33.0. The summed E-state index contributed by atoms with van der Waals surface area (Å²) >= 11 is 7.97. The normalized spacial score (nSPS) is 14.6. The lowest BCUT2D eigenvalue weighted by molar-refractivity contribution is -0.139. The summed E-state index contributed by atoms with van der Waals surface area (Å²) < 4.78 is 25.6. The van der Waals surface area contributed by atoms with Gasteiger partial charge < -0.3 is 18.9 Å². The van der Waals surface area contributed by atoms with E-state index in [-0.39, 0.29) is 23.8 Å². The minimum Gasteiger partial charge on any atom is -0.491 e. The van der Waals surface area contributed by atoms with Crippen molar-refractivity contribution < 1.29 is 23.7 Å². The molecule has 1 aliphatic heterocycles. The van der Waals surface area contributed by atoms with E-state index in [1.807, 2.05) is 70.2 Å². The number of carbonyl (C=O) groups excluding carboxylic acids is 1. The number of halogens is 1. The van der Waals surface area contributed by atoms with Crippen LogP contribution in [0.2, 0.25) is 5.02 Å². The first-order valence-electron chi connectivity index (χ1n) is 15.2. The predicted octanol–water partition coefficient (Wildman–Crippen LogP) is 6.53. The van der Waals surface area contributed by atoms with Gasteiger partial charge in [-0.1, -0.05) is 71.0 Å². The monoisotopic (exact) mass is 660 g/mol. The highest BCUT2D eigenvalue weighted by Crippen LogP contribution is 2.38. The molecule has 5 rings (SSSR count). The molecule has 0 saturated carbocycles. The van der Waals surface area contributed by atoms with E-state index in [0.717, 1.165) is 11.1 Å². The second-order valence-corrected chi connectivity index (χ2v) is 12.5. The van der Waals surface area contributed by atoms with Gasteiger partial charge in [0.15, 0.2) is 16.3 Å². The molecule has 0 bridgehead atoms. The number of rotatable bonds is 11. The van der Waals surface area contributed by atoms with Crippen molar-refractivity contribution in [3.63, 3.8) is 0 Å². The van der Waals surface area contributed by atoms with Gasteiger partial charge >= 0.3 is 5.97 Å². The number of ether oxygens (including phenoxy) is 4. The molecule has 0 N–H and O–H groups in total. The van der Waals surface area contributed by atoms with Crippen LogP contribution in [-0.4, -0.2) is 29.9 Å². The smallest absolute Gasteiger partial charge is 0.338 e. The molecule has 46 heavy (non-hydrogen) atoms. The van der Waals surface area contributed by atoms with E-state index in [2.05, 4.69) is 11.1 Å². The first-order chi connectivity index (χ1) is 22.1. The Morgan fingerprint density at radius 2 is 1.80 bits per heavy atom. The number of benzene rings is 3. The number of carbonyl (C=O) groups is 1. The average molecular weight is 661 g/mol. The molecule has 4 aromatic rings. The van der Waals surface area contributed by atoms with Crippen LogP contribution in [0.5, 0.6) is 17.2 Å². The molecule has 0 fully saturated rings. The molecule has 10 heteroatoms. The maximum absolute atomic E-state index is 14.2. The fourth-order valence-electron chi connectivity index (χ4n) is 5.34. The van der Waals surface area contributed by atoms with Crippen molar-refractivity contribution in [3.8, 4) is 17.2 Å². The maximum atomic E-state index is 14.2. The third-order valence-corrected chi connectivity index (χ3v) is 8.45. The van der Waals surface area contributed by atoms with Crippen molar-refractivity contribution in [2.45, 2.75) is 60.3 Å². The van der Waals surface area contributed by atoms with Crippen molar-refractivity contribution in [2.75, 3.05) is 13.2 Å². The van der Waals surface area contributed by atoms with Crippen LogP contribution in [0.3, 0.4) is 0 Å². The molecule has 2 heterocycles. The molecule has 0 spiro atoms. The first-order valence-corrected chi connectivity index (χ1v) is 16.4. The Balaban J connectivity index is 1.62.